The minimum Gasteiger partial charge on any atom is -0.388 e. The topological polar surface area (TPSA) is 20.2 Å². The van der Waals surface area contributed by atoms with Crippen molar-refractivity contribution in [1.82, 2.24) is 0 Å². The van der Waals surface area contributed by atoms with E-state index in [1.54, 1.807) is 24.3 Å². The Bertz CT molecular complexity index is 290. The molecule has 1 rings (SSSR count). The average molecular weight is 217 g/mol. The van der Waals surface area contributed by atoms with Crippen LogP contribution in [0.15, 0.2) is 30.9 Å². The van der Waals surface area contributed by atoms with Gasteiger partial charge in [-0.25, -0.2) is 0 Å². The number of aliphatic hydroxyl groups excluding tert-OH is 1. The molecule has 1 atom stereocenters. The maximum atomic E-state index is 9.58. The van der Waals surface area contributed by atoms with Gasteiger partial charge in [-0.05, 0) is 30.2 Å². The first-order chi connectivity index (χ1) is 6.13. The van der Waals surface area contributed by atoms with Crippen molar-refractivity contribution >= 4 is 23.2 Å². The zero-order valence-corrected chi connectivity index (χ0v) is 8.52. The van der Waals surface area contributed by atoms with E-state index in [2.05, 4.69) is 6.58 Å². The van der Waals surface area contributed by atoms with Gasteiger partial charge in [-0.2, -0.15) is 0 Å². The number of hydrogen-bond donors (Lipinski definition) is 1. The first-order valence-electron chi connectivity index (χ1n) is 3.88. The van der Waals surface area contributed by atoms with E-state index in [0.717, 1.165) is 5.56 Å². The quantitative estimate of drug-likeness (QED) is 0.767. The Hall–Kier alpha value is -0.500. The second kappa shape index (κ2) is 4.66. The summed E-state index contributed by atoms with van der Waals surface area (Å²) in [4.78, 5) is 0. The molecule has 0 saturated heterocycles. The molecule has 1 aromatic rings. The normalized spacial score (nSPS) is 12.5. The zero-order chi connectivity index (χ0) is 9.84. The molecule has 70 valence electrons. The van der Waals surface area contributed by atoms with Crippen molar-refractivity contribution in [3.05, 3.63) is 46.5 Å². The predicted octanol–water partition coefficient (Wildman–Crippen LogP) is 3.60. The van der Waals surface area contributed by atoms with E-state index in [1.165, 1.54) is 0 Å². The lowest BCUT2D eigenvalue weighted by Gasteiger charge is -2.08. The van der Waals surface area contributed by atoms with Gasteiger partial charge in [0.2, 0.25) is 0 Å². The van der Waals surface area contributed by atoms with Crippen LogP contribution in [0.3, 0.4) is 0 Å². The molecule has 0 unspecified atom stereocenters. The molecule has 0 amide bonds. The lowest BCUT2D eigenvalue weighted by atomic mass is 10.1. The van der Waals surface area contributed by atoms with Crippen molar-refractivity contribution in [2.24, 2.45) is 0 Å². The average Bonchev–Trinajstić information content (AvgIpc) is 2.03. The first kappa shape index (κ1) is 10.6. The third-order valence-electron chi connectivity index (χ3n) is 1.66. The minimum atomic E-state index is -0.575. The number of rotatable bonds is 3. The number of benzene rings is 1. The van der Waals surface area contributed by atoms with Crippen molar-refractivity contribution in [2.75, 3.05) is 0 Å². The summed E-state index contributed by atoms with van der Waals surface area (Å²) in [5.41, 5.74) is 0.720. The second-order valence-electron chi connectivity index (χ2n) is 2.74. The summed E-state index contributed by atoms with van der Waals surface area (Å²) in [5.74, 6) is 0. The molecule has 0 spiro atoms. The first-order valence-corrected chi connectivity index (χ1v) is 4.64. The van der Waals surface area contributed by atoms with Gasteiger partial charge in [-0.15, -0.1) is 6.58 Å². The molecule has 0 fully saturated rings. The lowest BCUT2D eigenvalue weighted by molar-refractivity contribution is 0.181. The monoisotopic (exact) mass is 216 g/mol. The predicted molar refractivity (Wildman–Crippen MR) is 56.2 cm³/mol. The van der Waals surface area contributed by atoms with Gasteiger partial charge in [0.1, 0.15) is 0 Å². The van der Waals surface area contributed by atoms with Gasteiger partial charge in [0.05, 0.1) is 6.10 Å². The fourth-order valence-electron chi connectivity index (χ4n) is 1.06. The Morgan fingerprint density at radius 1 is 1.31 bits per heavy atom. The van der Waals surface area contributed by atoms with Crippen LogP contribution in [0.5, 0.6) is 0 Å². The Labute approximate surface area is 87.6 Å². The van der Waals surface area contributed by atoms with Gasteiger partial charge >= 0.3 is 0 Å². The molecule has 0 aliphatic heterocycles. The van der Waals surface area contributed by atoms with E-state index < -0.39 is 6.10 Å². The highest BCUT2D eigenvalue weighted by Crippen LogP contribution is 2.25. The molecule has 1 aromatic carbocycles. The van der Waals surface area contributed by atoms with E-state index in [4.69, 9.17) is 23.2 Å². The Morgan fingerprint density at radius 2 is 1.85 bits per heavy atom. The van der Waals surface area contributed by atoms with Gasteiger partial charge < -0.3 is 5.11 Å². The smallest absolute Gasteiger partial charge is 0.0825 e. The van der Waals surface area contributed by atoms with Crippen LogP contribution in [-0.2, 0) is 0 Å². The van der Waals surface area contributed by atoms with Crippen molar-refractivity contribution < 1.29 is 5.11 Å². The van der Waals surface area contributed by atoms with Gasteiger partial charge in [0.15, 0.2) is 0 Å². The Morgan fingerprint density at radius 3 is 2.31 bits per heavy atom. The Kier molecular flexibility index (Phi) is 3.79. The highest BCUT2D eigenvalue weighted by Gasteiger charge is 2.06. The summed E-state index contributed by atoms with van der Waals surface area (Å²) < 4.78 is 0. The van der Waals surface area contributed by atoms with Crippen LogP contribution in [0.4, 0.5) is 0 Å². The summed E-state index contributed by atoms with van der Waals surface area (Å²) in [6, 6.07) is 5.02. The molecule has 0 aliphatic carbocycles. The van der Waals surface area contributed by atoms with Crippen molar-refractivity contribution in [3.8, 4) is 0 Å². The van der Waals surface area contributed by atoms with Crippen LogP contribution in [0.25, 0.3) is 0 Å². The van der Waals surface area contributed by atoms with Crippen LogP contribution < -0.4 is 0 Å². The summed E-state index contributed by atoms with van der Waals surface area (Å²) in [6.45, 7) is 3.55. The fourth-order valence-corrected chi connectivity index (χ4v) is 1.60. The summed E-state index contributed by atoms with van der Waals surface area (Å²) >= 11 is 11.5. The standard InChI is InChI=1S/C10H10Cl2O/c1-2-3-10(13)7-4-8(11)6-9(12)5-7/h2,4-6,10,13H,1,3H2/t10-/m0/s1. The molecule has 1 nitrogen and oxygen atoms in total. The third-order valence-corrected chi connectivity index (χ3v) is 2.10. The van der Waals surface area contributed by atoms with E-state index in [0.29, 0.717) is 16.5 Å². The van der Waals surface area contributed by atoms with Gasteiger partial charge in [-0.3, -0.25) is 0 Å². The lowest BCUT2D eigenvalue weighted by Crippen LogP contribution is -1.95. The van der Waals surface area contributed by atoms with Crippen LogP contribution in [-0.4, -0.2) is 5.11 Å². The molecular formula is C10H10Cl2O. The maximum absolute atomic E-state index is 9.58. The van der Waals surface area contributed by atoms with Gasteiger partial charge in [0.25, 0.3) is 0 Å². The fraction of sp³-hybridized carbons (Fsp3) is 0.200. The minimum absolute atomic E-state index is 0.497. The molecule has 3 heteroatoms. The van der Waals surface area contributed by atoms with E-state index >= 15 is 0 Å². The van der Waals surface area contributed by atoms with Crippen molar-refractivity contribution in [1.29, 1.82) is 0 Å². The largest absolute Gasteiger partial charge is 0.388 e. The molecule has 0 saturated carbocycles. The number of aliphatic hydroxyl groups is 1. The summed E-state index contributed by atoms with van der Waals surface area (Å²) in [6.07, 6.45) is 1.57. The SMILES string of the molecule is C=CC[C@H](O)c1cc(Cl)cc(Cl)c1. The Balaban J connectivity index is 2.93. The zero-order valence-electron chi connectivity index (χ0n) is 7.00. The molecule has 1 N–H and O–H groups in total. The van der Waals surface area contributed by atoms with Crippen molar-refractivity contribution in [3.63, 3.8) is 0 Å². The molecule has 0 heterocycles. The molecule has 0 bridgehead atoms. The van der Waals surface area contributed by atoms with E-state index in [9.17, 15) is 5.11 Å². The highest BCUT2D eigenvalue weighted by atomic mass is 35.5. The van der Waals surface area contributed by atoms with Crippen LogP contribution >= 0.6 is 23.2 Å². The number of hydrogen-bond acceptors (Lipinski definition) is 1. The molecule has 13 heavy (non-hydrogen) atoms. The molecule has 0 aromatic heterocycles. The third kappa shape index (κ3) is 3.03. The second-order valence-corrected chi connectivity index (χ2v) is 3.62. The summed E-state index contributed by atoms with van der Waals surface area (Å²) in [7, 11) is 0. The maximum Gasteiger partial charge on any atom is 0.0825 e. The molecular weight excluding hydrogens is 207 g/mol. The van der Waals surface area contributed by atoms with E-state index in [-0.39, 0.29) is 0 Å². The van der Waals surface area contributed by atoms with Crippen LogP contribution in [0.1, 0.15) is 18.1 Å². The number of halogens is 2. The van der Waals surface area contributed by atoms with E-state index in [1.807, 2.05) is 0 Å². The summed E-state index contributed by atoms with van der Waals surface area (Å²) in [5, 5.41) is 10.6. The van der Waals surface area contributed by atoms with Crippen LogP contribution in [0.2, 0.25) is 10.0 Å². The molecule has 0 radical (unpaired) electrons. The molecule has 0 aliphatic rings. The highest BCUT2D eigenvalue weighted by molar-refractivity contribution is 6.34. The van der Waals surface area contributed by atoms with Crippen molar-refractivity contribution in [2.45, 2.75) is 12.5 Å². The van der Waals surface area contributed by atoms with Gasteiger partial charge in [-0.1, -0.05) is 29.3 Å². The van der Waals surface area contributed by atoms with Gasteiger partial charge in [0, 0.05) is 10.0 Å². The van der Waals surface area contributed by atoms with Crippen LogP contribution in [0, 0.1) is 0 Å².